The smallest absolute Gasteiger partial charge is 0.187 e. The van der Waals surface area contributed by atoms with Gasteiger partial charge in [0, 0.05) is 13.2 Å². The van der Waals surface area contributed by atoms with E-state index >= 15 is 0 Å². The number of unbranched alkanes of at least 4 members (excludes halogenated alkanes) is 1. The van der Waals surface area contributed by atoms with E-state index in [-0.39, 0.29) is 0 Å². The zero-order chi connectivity index (χ0) is 11.0. The molecule has 0 fully saturated rings. The van der Waals surface area contributed by atoms with Crippen LogP contribution in [-0.2, 0) is 9.47 Å². The minimum Gasteiger partial charge on any atom is -0.347 e. The Morgan fingerprint density at radius 2 is 1.64 bits per heavy atom. The average Bonchev–Trinajstić information content (AvgIpc) is 2.15. The van der Waals surface area contributed by atoms with Crippen molar-refractivity contribution in [3.8, 4) is 0 Å². The first-order valence-corrected chi connectivity index (χ1v) is 5.56. The molecular formula is C12H24O2. The van der Waals surface area contributed by atoms with E-state index in [1.165, 1.54) is 6.42 Å². The van der Waals surface area contributed by atoms with Crippen molar-refractivity contribution in [2.45, 2.75) is 52.7 Å². The maximum Gasteiger partial charge on any atom is 0.187 e. The number of rotatable bonds is 8. The van der Waals surface area contributed by atoms with Gasteiger partial charge >= 0.3 is 0 Å². The third-order valence-electron chi connectivity index (χ3n) is 2.31. The van der Waals surface area contributed by atoms with Crippen molar-refractivity contribution in [1.82, 2.24) is 0 Å². The Kier molecular flexibility index (Phi) is 6.85. The molecule has 0 aliphatic carbocycles. The molecule has 0 spiro atoms. The van der Waals surface area contributed by atoms with Gasteiger partial charge in [0.05, 0.1) is 0 Å². The highest BCUT2D eigenvalue weighted by molar-refractivity contribution is 5.06. The summed E-state index contributed by atoms with van der Waals surface area (Å²) in [6.07, 6.45) is 3.30. The van der Waals surface area contributed by atoms with Crippen molar-refractivity contribution in [2.24, 2.45) is 0 Å². The molecule has 0 aromatic carbocycles. The summed E-state index contributed by atoms with van der Waals surface area (Å²) in [5, 5.41) is 0. The number of ether oxygens (including phenoxy) is 2. The molecule has 0 saturated heterocycles. The number of hydrogen-bond acceptors (Lipinski definition) is 2. The van der Waals surface area contributed by atoms with E-state index in [0.29, 0.717) is 13.2 Å². The summed E-state index contributed by atoms with van der Waals surface area (Å²) < 4.78 is 11.2. The predicted octanol–water partition coefficient (Wildman–Crippen LogP) is 3.52. The highest BCUT2D eigenvalue weighted by atomic mass is 16.7. The zero-order valence-corrected chi connectivity index (χ0v) is 10.1. The maximum atomic E-state index is 5.61. The van der Waals surface area contributed by atoms with Gasteiger partial charge in [-0.1, -0.05) is 19.9 Å². The predicted molar refractivity (Wildman–Crippen MR) is 60.3 cm³/mol. The van der Waals surface area contributed by atoms with Gasteiger partial charge in [0.25, 0.3) is 0 Å². The Morgan fingerprint density at radius 3 is 2.00 bits per heavy atom. The second-order valence-electron chi connectivity index (χ2n) is 3.52. The molecule has 14 heavy (non-hydrogen) atoms. The van der Waals surface area contributed by atoms with Crippen LogP contribution in [0.15, 0.2) is 12.2 Å². The van der Waals surface area contributed by atoms with Crippen molar-refractivity contribution in [1.29, 1.82) is 0 Å². The highest BCUT2D eigenvalue weighted by Gasteiger charge is 2.27. The van der Waals surface area contributed by atoms with Crippen LogP contribution in [0.4, 0.5) is 0 Å². The first kappa shape index (κ1) is 13.7. The van der Waals surface area contributed by atoms with Gasteiger partial charge in [-0.25, -0.2) is 0 Å². The monoisotopic (exact) mass is 200 g/mol. The number of hydrogen-bond donors (Lipinski definition) is 0. The minimum atomic E-state index is -0.585. The van der Waals surface area contributed by atoms with Gasteiger partial charge in [-0.05, 0) is 39.2 Å². The molecule has 0 unspecified atom stereocenters. The molecule has 0 amide bonds. The second-order valence-corrected chi connectivity index (χ2v) is 3.52. The van der Waals surface area contributed by atoms with Crippen LogP contribution in [0, 0.1) is 0 Å². The van der Waals surface area contributed by atoms with Crippen LogP contribution < -0.4 is 0 Å². The lowest BCUT2D eigenvalue weighted by molar-refractivity contribution is -0.195. The fraction of sp³-hybridized carbons (Fsp3) is 0.833. The van der Waals surface area contributed by atoms with Crippen molar-refractivity contribution in [3.05, 3.63) is 12.2 Å². The van der Waals surface area contributed by atoms with Crippen LogP contribution in [0.5, 0.6) is 0 Å². The van der Waals surface area contributed by atoms with Crippen molar-refractivity contribution in [3.63, 3.8) is 0 Å². The van der Waals surface area contributed by atoms with Crippen molar-refractivity contribution >= 4 is 0 Å². The molecule has 0 aliphatic rings. The molecule has 0 rings (SSSR count). The quantitative estimate of drug-likeness (QED) is 0.441. The van der Waals surface area contributed by atoms with E-state index in [9.17, 15) is 0 Å². The maximum absolute atomic E-state index is 5.61. The van der Waals surface area contributed by atoms with Crippen molar-refractivity contribution < 1.29 is 9.47 Å². The standard InChI is InChI=1S/C12H24O2/c1-6-9-10-11(4)12(5,13-7-2)14-8-3/h4,6-10H2,1-3,5H3. The van der Waals surface area contributed by atoms with Crippen LogP contribution in [-0.4, -0.2) is 19.0 Å². The Bertz CT molecular complexity index is 158. The van der Waals surface area contributed by atoms with E-state index in [2.05, 4.69) is 13.5 Å². The molecule has 0 aromatic rings. The van der Waals surface area contributed by atoms with Gasteiger partial charge < -0.3 is 9.47 Å². The van der Waals surface area contributed by atoms with Gasteiger partial charge in [0.15, 0.2) is 5.79 Å². The molecule has 0 N–H and O–H groups in total. The molecule has 0 saturated carbocycles. The molecule has 2 nitrogen and oxygen atoms in total. The largest absolute Gasteiger partial charge is 0.347 e. The summed E-state index contributed by atoms with van der Waals surface area (Å²) in [7, 11) is 0. The average molecular weight is 200 g/mol. The summed E-state index contributed by atoms with van der Waals surface area (Å²) >= 11 is 0. The topological polar surface area (TPSA) is 18.5 Å². The summed E-state index contributed by atoms with van der Waals surface area (Å²) in [5.41, 5.74) is 1.04. The summed E-state index contributed by atoms with van der Waals surface area (Å²) in [4.78, 5) is 0. The summed E-state index contributed by atoms with van der Waals surface area (Å²) in [6.45, 7) is 13.4. The Morgan fingerprint density at radius 1 is 1.14 bits per heavy atom. The van der Waals surface area contributed by atoms with Crippen LogP contribution in [0.2, 0.25) is 0 Å². The highest BCUT2D eigenvalue weighted by Crippen LogP contribution is 2.25. The minimum absolute atomic E-state index is 0.585. The molecule has 0 bridgehead atoms. The second kappa shape index (κ2) is 7.02. The summed E-state index contributed by atoms with van der Waals surface area (Å²) in [5.74, 6) is -0.585. The van der Waals surface area contributed by atoms with Crippen LogP contribution in [0.1, 0.15) is 47.0 Å². The zero-order valence-electron chi connectivity index (χ0n) is 10.1. The summed E-state index contributed by atoms with van der Waals surface area (Å²) in [6, 6.07) is 0. The fourth-order valence-electron chi connectivity index (χ4n) is 1.41. The third-order valence-corrected chi connectivity index (χ3v) is 2.31. The first-order valence-electron chi connectivity index (χ1n) is 5.56. The molecule has 0 atom stereocenters. The van der Waals surface area contributed by atoms with E-state index in [4.69, 9.17) is 9.47 Å². The van der Waals surface area contributed by atoms with E-state index in [1.807, 2.05) is 20.8 Å². The van der Waals surface area contributed by atoms with Crippen molar-refractivity contribution in [2.75, 3.05) is 13.2 Å². The Hall–Kier alpha value is -0.340. The van der Waals surface area contributed by atoms with Gasteiger partial charge in [0.2, 0.25) is 0 Å². The molecule has 0 radical (unpaired) electrons. The van der Waals surface area contributed by atoms with E-state index in [0.717, 1.165) is 18.4 Å². The molecule has 2 heteroatoms. The van der Waals surface area contributed by atoms with Crippen LogP contribution >= 0.6 is 0 Å². The molecule has 84 valence electrons. The van der Waals surface area contributed by atoms with E-state index < -0.39 is 5.79 Å². The van der Waals surface area contributed by atoms with E-state index in [1.54, 1.807) is 0 Å². The Labute approximate surface area is 88.3 Å². The molecular weight excluding hydrogens is 176 g/mol. The normalized spacial score (nSPS) is 11.7. The van der Waals surface area contributed by atoms with Gasteiger partial charge in [0.1, 0.15) is 0 Å². The molecule has 0 aliphatic heterocycles. The van der Waals surface area contributed by atoms with Gasteiger partial charge in [-0.15, -0.1) is 0 Å². The Balaban J connectivity index is 4.23. The third kappa shape index (κ3) is 4.25. The van der Waals surface area contributed by atoms with Crippen LogP contribution in [0.25, 0.3) is 0 Å². The lowest BCUT2D eigenvalue weighted by atomic mass is 10.0. The first-order chi connectivity index (χ1) is 6.60. The van der Waals surface area contributed by atoms with Crippen LogP contribution in [0.3, 0.4) is 0 Å². The van der Waals surface area contributed by atoms with Gasteiger partial charge in [-0.2, -0.15) is 0 Å². The van der Waals surface area contributed by atoms with Gasteiger partial charge in [-0.3, -0.25) is 0 Å². The molecule has 0 heterocycles. The lowest BCUT2D eigenvalue weighted by Crippen LogP contribution is -2.34. The fourth-order valence-corrected chi connectivity index (χ4v) is 1.41. The molecule has 0 aromatic heterocycles. The SMILES string of the molecule is C=C(CCCC)C(C)(OCC)OCC. The lowest BCUT2D eigenvalue weighted by Gasteiger charge is -2.31.